The summed E-state index contributed by atoms with van der Waals surface area (Å²) >= 11 is 6.21. The fourth-order valence-electron chi connectivity index (χ4n) is 3.18. The van der Waals surface area contributed by atoms with E-state index < -0.39 is 11.9 Å². The summed E-state index contributed by atoms with van der Waals surface area (Å²) in [6.45, 7) is 0. The van der Waals surface area contributed by atoms with Crippen molar-refractivity contribution in [3.05, 3.63) is 64.2 Å². The van der Waals surface area contributed by atoms with Gasteiger partial charge >= 0.3 is 5.97 Å². The fourth-order valence-corrected chi connectivity index (χ4v) is 3.44. The molecule has 1 saturated carbocycles. The van der Waals surface area contributed by atoms with Gasteiger partial charge in [-0.25, -0.2) is 4.79 Å². The van der Waals surface area contributed by atoms with Crippen molar-refractivity contribution in [1.29, 1.82) is 0 Å². The molecule has 27 heavy (non-hydrogen) atoms. The molecule has 1 aliphatic rings. The molecule has 0 radical (unpaired) electrons. The van der Waals surface area contributed by atoms with E-state index in [0.717, 1.165) is 25.7 Å². The fraction of sp³-hybridized carbons (Fsp3) is 0.250. The number of carboxylic acids is 1. The van der Waals surface area contributed by atoms with E-state index in [2.05, 4.69) is 10.6 Å². The van der Waals surface area contributed by atoms with Gasteiger partial charge < -0.3 is 15.7 Å². The molecule has 2 amide bonds. The van der Waals surface area contributed by atoms with Gasteiger partial charge in [0, 0.05) is 11.7 Å². The zero-order chi connectivity index (χ0) is 19.4. The molecule has 1 fully saturated rings. The van der Waals surface area contributed by atoms with Gasteiger partial charge in [0.15, 0.2) is 0 Å². The Bertz CT molecular complexity index is 891. The molecule has 0 heterocycles. The first-order valence-electron chi connectivity index (χ1n) is 8.70. The molecule has 1 aliphatic carbocycles. The molecule has 2 aromatic carbocycles. The lowest BCUT2D eigenvalue weighted by molar-refractivity contribution is 0.0692. The van der Waals surface area contributed by atoms with Crippen molar-refractivity contribution in [2.24, 2.45) is 0 Å². The third-order valence-electron chi connectivity index (χ3n) is 4.56. The summed E-state index contributed by atoms with van der Waals surface area (Å²) in [6, 6.07) is 10.7. The van der Waals surface area contributed by atoms with E-state index in [-0.39, 0.29) is 28.1 Å². The number of hydrogen-bond acceptors (Lipinski definition) is 3. The van der Waals surface area contributed by atoms with Crippen LogP contribution in [0, 0.1) is 0 Å². The van der Waals surface area contributed by atoms with Gasteiger partial charge in [-0.3, -0.25) is 9.59 Å². The van der Waals surface area contributed by atoms with E-state index in [1.54, 1.807) is 24.3 Å². The predicted octanol–water partition coefficient (Wildman–Crippen LogP) is 3.96. The Balaban J connectivity index is 1.73. The minimum Gasteiger partial charge on any atom is -0.478 e. The van der Waals surface area contributed by atoms with E-state index >= 15 is 0 Å². The molecule has 0 unspecified atom stereocenters. The number of aromatic carboxylic acids is 1. The summed E-state index contributed by atoms with van der Waals surface area (Å²) in [5, 5.41) is 15.0. The third kappa shape index (κ3) is 4.46. The molecule has 0 atom stereocenters. The van der Waals surface area contributed by atoms with Crippen LogP contribution in [-0.2, 0) is 0 Å². The van der Waals surface area contributed by atoms with Crippen LogP contribution in [0.2, 0.25) is 5.02 Å². The molecule has 0 aromatic heterocycles. The second kappa shape index (κ2) is 8.22. The number of nitrogens with one attached hydrogen (secondary N) is 2. The quantitative estimate of drug-likeness (QED) is 0.724. The summed E-state index contributed by atoms with van der Waals surface area (Å²) in [7, 11) is 0. The Morgan fingerprint density at radius 1 is 0.926 bits per heavy atom. The van der Waals surface area contributed by atoms with E-state index in [1.165, 1.54) is 18.2 Å². The highest BCUT2D eigenvalue weighted by atomic mass is 35.5. The van der Waals surface area contributed by atoms with Crippen LogP contribution in [0.15, 0.2) is 42.5 Å². The monoisotopic (exact) mass is 386 g/mol. The number of amides is 2. The topological polar surface area (TPSA) is 95.5 Å². The molecule has 0 spiro atoms. The van der Waals surface area contributed by atoms with Crippen molar-refractivity contribution in [2.75, 3.05) is 5.32 Å². The molecular weight excluding hydrogens is 368 g/mol. The molecule has 0 saturated heterocycles. The Kier molecular flexibility index (Phi) is 5.76. The van der Waals surface area contributed by atoms with Gasteiger partial charge in [-0.1, -0.05) is 36.6 Å². The lowest BCUT2D eigenvalue weighted by Gasteiger charge is -2.14. The second-order valence-corrected chi connectivity index (χ2v) is 6.86. The standard InChI is InChI=1S/C20H19ClN2O4/c21-17-11-13(9-10-16(17)19(25)22-12-5-1-2-6-12)23-18(24)14-7-3-4-8-15(14)20(26)27/h3-4,7-12H,1-2,5-6H2,(H,22,25)(H,23,24)(H,26,27). The van der Waals surface area contributed by atoms with E-state index in [9.17, 15) is 19.5 Å². The lowest BCUT2D eigenvalue weighted by Crippen LogP contribution is -2.32. The second-order valence-electron chi connectivity index (χ2n) is 6.45. The number of benzene rings is 2. The van der Waals surface area contributed by atoms with Crippen molar-refractivity contribution < 1.29 is 19.5 Å². The lowest BCUT2D eigenvalue weighted by atomic mass is 10.1. The van der Waals surface area contributed by atoms with E-state index in [1.807, 2.05) is 0 Å². The average molecular weight is 387 g/mol. The zero-order valence-electron chi connectivity index (χ0n) is 14.5. The highest BCUT2D eigenvalue weighted by molar-refractivity contribution is 6.34. The molecule has 0 aliphatic heterocycles. The van der Waals surface area contributed by atoms with Crippen LogP contribution in [0.25, 0.3) is 0 Å². The summed E-state index contributed by atoms with van der Waals surface area (Å²) in [5.74, 6) is -1.98. The van der Waals surface area contributed by atoms with Crippen LogP contribution in [0.1, 0.15) is 56.8 Å². The first-order chi connectivity index (χ1) is 13.0. The molecule has 2 aromatic rings. The van der Waals surface area contributed by atoms with Crippen LogP contribution in [0.4, 0.5) is 5.69 Å². The predicted molar refractivity (Wildman–Crippen MR) is 103 cm³/mol. The Morgan fingerprint density at radius 2 is 1.59 bits per heavy atom. The molecule has 7 heteroatoms. The van der Waals surface area contributed by atoms with E-state index in [4.69, 9.17) is 11.6 Å². The van der Waals surface area contributed by atoms with Crippen molar-refractivity contribution in [3.8, 4) is 0 Å². The normalized spacial score (nSPS) is 14.0. The van der Waals surface area contributed by atoms with Gasteiger partial charge in [0.2, 0.25) is 0 Å². The van der Waals surface area contributed by atoms with Crippen molar-refractivity contribution >= 4 is 35.1 Å². The number of halogens is 1. The largest absolute Gasteiger partial charge is 0.478 e. The van der Waals surface area contributed by atoms with Crippen molar-refractivity contribution in [2.45, 2.75) is 31.7 Å². The van der Waals surface area contributed by atoms with Gasteiger partial charge in [-0.15, -0.1) is 0 Å². The number of carboxylic acid groups (broad SMARTS) is 1. The van der Waals surface area contributed by atoms with Gasteiger partial charge in [0.1, 0.15) is 0 Å². The minimum absolute atomic E-state index is 0.0455. The SMILES string of the molecule is O=C(NC1CCCC1)c1ccc(NC(=O)c2ccccc2C(=O)O)cc1Cl. The maximum atomic E-state index is 12.4. The molecule has 3 rings (SSSR count). The number of hydrogen-bond donors (Lipinski definition) is 3. The average Bonchev–Trinajstić information content (AvgIpc) is 3.14. The van der Waals surface area contributed by atoms with Gasteiger partial charge in [-0.05, 0) is 43.2 Å². The summed E-state index contributed by atoms with van der Waals surface area (Å²) < 4.78 is 0. The maximum Gasteiger partial charge on any atom is 0.336 e. The molecule has 140 valence electrons. The number of carbonyl (C=O) groups is 3. The van der Waals surface area contributed by atoms with Gasteiger partial charge in [-0.2, -0.15) is 0 Å². The minimum atomic E-state index is -1.18. The third-order valence-corrected chi connectivity index (χ3v) is 4.88. The highest BCUT2D eigenvalue weighted by Gasteiger charge is 2.20. The van der Waals surface area contributed by atoms with Gasteiger partial charge in [0.25, 0.3) is 11.8 Å². The van der Waals surface area contributed by atoms with Crippen LogP contribution in [0.3, 0.4) is 0 Å². The molecule has 6 nitrogen and oxygen atoms in total. The van der Waals surface area contributed by atoms with Crippen molar-refractivity contribution in [3.63, 3.8) is 0 Å². The first kappa shape index (κ1) is 18.9. The van der Waals surface area contributed by atoms with Crippen LogP contribution in [-0.4, -0.2) is 28.9 Å². The van der Waals surface area contributed by atoms with Crippen LogP contribution >= 0.6 is 11.6 Å². The van der Waals surface area contributed by atoms with Gasteiger partial charge in [0.05, 0.1) is 21.7 Å². The molecular formula is C20H19ClN2O4. The Hall–Kier alpha value is -2.86. The summed E-state index contributed by atoms with van der Waals surface area (Å²) in [4.78, 5) is 36.0. The maximum absolute atomic E-state index is 12.4. The number of rotatable bonds is 5. The zero-order valence-corrected chi connectivity index (χ0v) is 15.3. The van der Waals surface area contributed by atoms with Crippen LogP contribution in [0.5, 0.6) is 0 Å². The van der Waals surface area contributed by atoms with Crippen LogP contribution < -0.4 is 10.6 Å². The molecule has 3 N–H and O–H groups in total. The van der Waals surface area contributed by atoms with Crippen molar-refractivity contribution in [1.82, 2.24) is 5.32 Å². The Labute approximate surface area is 161 Å². The number of anilines is 1. The summed E-state index contributed by atoms with van der Waals surface area (Å²) in [6.07, 6.45) is 4.17. The smallest absolute Gasteiger partial charge is 0.336 e. The summed E-state index contributed by atoms with van der Waals surface area (Å²) in [5.41, 5.74) is 0.674. The Morgan fingerprint density at radius 3 is 2.22 bits per heavy atom. The molecule has 0 bridgehead atoms. The number of carbonyl (C=O) groups excluding carboxylic acids is 2. The highest BCUT2D eigenvalue weighted by Crippen LogP contribution is 2.24. The first-order valence-corrected chi connectivity index (χ1v) is 9.07. The van der Waals surface area contributed by atoms with E-state index in [0.29, 0.717) is 11.3 Å².